The minimum atomic E-state index is -4.46. The molecular formula is C29H30F3NO5. The number of benzene rings is 3. The number of nitrogens with one attached hydrogen (secondary N) is 1. The van der Waals surface area contributed by atoms with Crippen LogP contribution in [0.2, 0.25) is 0 Å². The van der Waals surface area contributed by atoms with E-state index in [0.717, 1.165) is 41.0 Å². The molecule has 3 aromatic carbocycles. The molecule has 0 aliphatic carbocycles. The third kappa shape index (κ3) is 7.50. The van der Waals surface area contributed by atoms with E-state index in [9.17, 15) is 22.8 Å². The van der Waals surface area contributed by atoms with E-state index in [1.807, 2.05) is 26.0 Å². The maximum absolute atomic E-state index is 12.7. The molecule has 0 atom stereocenters. The number of carbonyl (C=O) groups excluding carboxylic acids is 2. The molecular weight excluding hydrogens is 499 g/mol. The second kappa shape index (κ2) is 11.6. The van der Waals surface area contributed by atoms with Gasteiger partial charge in [0.25, 0.3) is 5.91 Å². The Hall–Kier alpha value is -4.01. The average molecular weight is 530 g/mol. The molecule has 0 heterocycles. The zero-order chi connectivity index (χ0) is 28.1. The molecule has 38 heavy (non-hydrogen) atoms. The highest BCUT2D eigenvalue weighted by atomic mass is 19.4. The van der Waals surface area contributed by atoms with Crippen LogP contribution >= 0.6 is 0 Å². The van der Waals surface area contributed by atoms with Crippen molar-refractivity contribution in [3.63, 3.8) is 0 Å². The molecule has 0 spiro atoms. The normalized spacial score (nSPS) is 11.6. The third-order valence-corrected chi connectivity index (χ3v) is 5.55. The number of rotatable bonds is 9. The first-order chi connectivity index (χ1) is 17.8. The zero-order valence-corrected chi connectivity index (χ0v) is 21.9. The van der Waals surface area contributed by atoms with Gasteiger partial charge < -0.3 is 19.5 Å². The Balaban J connectivity index is 1.66. The van der Waals surface area contributed by atoms with E-state index in [1.165, 1.54) is 0 Å². The molecule has 3 rings (SSSR count). The van der Waals surface area contributed by atoms with Gasteiger partial charge in [0.2, 0.25) is 0 Å². The summed E-state index contributed by atoms with van der Waals surface area (Å²) in [6.45, 7) is 9.14. The fourth-order valence-electron chi connectivity index (χ4n) is 3.64. The maximum atomic E-state index is 12.7. The SMILES string of the molecule is CCOC(=O)C(C)(C)Oc1ccc(Oc2cc(C)cc(CNC(=O)c3ccc(C(F)(F)F)cc3)c2)cc1C. The Morgan fingerprint density at radius 2 is 1.58 bits per heavy atom. The number of alkyl halides is 3. The lowest BCUT2D eigenvalue weighted by Crippen LogP contribution is -2.39. The Labute approximate surface area is 219 Å². The summed E-state index contributed by atoms with van der Waals surface area (Å²) in [5.41, 5.74) is 0.580. The van der Waals surface area contributed by atoms with Gasteiger partial charge in [-0.3, -0.25) is 4.79 Å². The fraction of sp³-hybridized carbons (Fsp3) is 0.310. The Morgan fingerprint density at radius 3 is 2.18 bits per heavy atom. The van der Waals surface area contributed by atoms with Crippen molar-refractivity contribution in [2.45, 2.75) is 52.9 Å². The number of hydrogen-bond acceptors (Lipinski definition) is 5. The van der Waals surface area contributed by atoms with E-state index in [2.05, 4.69) is 5.32 Å². The Kier molecular flexibility index (Phi) is 8.70. The highest BCUT2D eigenvalue weighted by Gasteiger charge is 2.32. The molecule has 0 fully saturated rings. The summed E-state index contributed by atoms with van der Waals surface area (Å²) < 4.78 is 55.2. The van der Waals surface area contributed by atoms with Crippen LogP contribution in [0.5, 0.6) is 17.2 Å². The predicted octanol–water partition coefficient (Wildman–Crippen LogP) is 6.77. The lowest BCUT2D eigenvalue weighted by atomic mass is 10.1. The average Bonchev–Trinajstić information content (AvgIpc) is 2.83. The molecule has 0 unspecified atom stereocenters. The third-order valence-electron chi connectivity index (χ3n) is 5.55. The molecule has 1 N–H and O–H groups in total. The summed E-state index contributed by atoms with van der Waals surface area (Å²) in [7, 11) is 0. The number of carbonyl (C=O) groups is 2. The zero-order valence-electron chi connectivity index (χ0n) is 21.9. The second-order valence-electron chi connectivity index (χ2n) is 9.27. The molecule has 0 saturated carbocycles. The van der Waals surface area contributed by atoms with Gasteiger partial charge in [0.15, 0.2) is 5.60 Å². The van der Waals surface area contributed by atoms with E-state index in [-0.39, 0.29) is 18.7 Å². The topological polar surface area (TPSA) is 73.9 Å². The van der Waals surface area contributed by atoms with Gasteiger partial charge in [-0.05, 0) is 106 Å². The van der Waals surface area contributed by atoms with Crippen molar-refractivity contribution in [1.82, 2.24) is 5.32 Å². The van der Waals surface area contributed by atoms with Crippen molar-refractivity contribution < 1.29 is 37.0 Å². The number of amides is 1. The molecule has 0 aliphatic heterocycles. The van der Waals surface area contributed by atoms with Crippen molar-refractivity contribution >= 4 is 11.9 Å². The van der Waals surface area contributed by atoms with Crippen LogP contribution in [0.3, 0.4) is 0 Å². The number of hydrogen-bond donors (Lipinski definition) is 1. The fourth-order valence-corrected chi connectivity index (χ4v) is 3.64. The molecule has 0 saturated heterocycles. The van der Waals surface area contributed by atoms with Gasteiger partial charge in [0.1, 0.15) is 17.2 Å². The van der Waals surface area contributed by atoms with Gasteiger partial charge in [-0.25, -0.2) is 4.79 Å². The maximum Gasteiger partial charge on any atom is 0.416 e. The molecule has 9 heteroatoms. The smallest absolute Gasteiger partial charge is 0.416 e. The quantitative estimate of drug-likeness (QED) is 0.310. The van der Waals surface area contributed by atoms with Gasteiger partial charge in [-0.2, -0.15) is 13.2 Å². The molecule has 6 nitrogen and oxygen atoms in total. The first-order valence-electron chi connectivity index (χ1n) is 12.0. The van der Waals surface area contributed by atoms with Gasteiger partial charge in [0.05, 0.1) is 12.2 Å². The Morgan fingerprint density at radius 1 is 0.895 bits per heavy atom. The molecule has 0 aromatic heterocycles. The van der Waals surface area contributed by atoms with Gasteiger partial charge in [-0.1, -0.05) is 6.07 Å². The van der Waals surface area contributed by atoms with Crippen LogP contribution in [0, 0.1) is 13.8 Å². The van der Waals surface area contributed by atoms with Crippen molar-refractivity contribution in [1.29, 1.82) is 0 Å². The van der Waals surface area contributed by atoms with Crippen molar-refractivity contribution in [3.8, 4) is 17.2 Å². The summed E-state index contributed by atoms with van der Waals surface area (Å²) in [6.07, 6.45) is -4.46. The first kappa shape index (κ1) is 28.6. The monoisotopic (exact) mass is 529 g/mol. The summed E-state index contributed by atoms with van der Waals surface area (Å²) in [5.74, 6) is 0.668. The van der Waals surface area contributed by atoms with E-state index < -0.39 is 29.2 Å². The number of ether oxygens (including phenoxy) is 3. The highest BCUT2D eigenvalue weighted by molar-refractivity contribution is 5.94. The predicted molar refractivity (Wildman–Crippen MR) is 136 cm³/mol. The lowest BCUT2D eigenvalue weighted by molar-refractivity contribution is -0.158. The minimum absolute atomic E-state index is 0.131. The molecule has 3 aromatic rings. The molecule has 202 valence electrons. The van der Waals surface area contributed by atoms with Crippen molar-refractivity contribution in [2.24, 2.45) is 0 Å². The van der Waals surface area contributed by atoms with Crippen molar-refractivity contribution in [2.75, 3.05) is 6.61 Å². The Bertz CT molecular complexity index is 1300. The van der Waals surface area contributed by atoms with E-state index in [0.29, 0.717) is 17.2 Å². The summed E-state index contributed by atoms with van der Waals surface area (Å²) in [4.78, 5) is 24.6. The van der Waals surface area contributed by atoms with Crippen LogP contribution in [0.25, 0.3) is 0 Å². The van der Waals surface area contributed by atoms with Gasteiger partial charge in [0, 0.05) is 12.1 Å². The lowest BCUT2D eigenvalue weighted by Gasteiger charge is -2.25. The summed E-state index contributed by atoms with van der Waals surface area (Å²) >= 11 is 0. The number of esters is 1. The summed E-state index contributed by atoms with van der Waals surface area (Å²) in [6, 6.07) is 14.7. The molecule has 0 aliphatic rings. The van der Waals surface area contributed by atoms with Gasteiger partial charge in [-0.15, -0.1) is 0 Å². The second-order valence-corrected chi connectivity index (χ2v) is 9.27. The van der Waals surface area contributed by atoms with Crippen LogP contribution in [0.15, 0.2) is 60.7 Å². The van der Waals surface area contributed by atoms with E-state index in [1.54, 1.807) is 45.0 Å². The highest BCUT2D eigenvalue weighted by Crippen LogP contribution is 2.31. The summed E-state index contributed by atoms with van der Waals surface area (Å²) in [5, 5.41) is 2.72. The standard InChI is InChI=1S/C29H30F3NO5/c1-6-36-27(35)28(4,5)38-25-12-11-23(15-19(25)3)37-24-14-18(2)13-20(16-24)17-33-26(34)21-7-9-22(10-8-21)29(30,31)32/h7-16H,6,17H2,1-5H3,(H,33,34). The minimum Gasteiger partial charge on any atom is -0.476 e. The van der Waals surface area contributed by atoms with E-state index in [4.69, 9.17) is 14.2 Å². The van der Waals surface area contributed by atoms with Crippen LogP contribution in [-0.2, 0) is 22.3 Å². The van der Waals surface area contributed by atoms with Crippen molar-refractivity contribution in [3.05, 3.63) is 88.5 Å². The molecule has 1 amide bonds. The van der Waals surface area contributed by atoms with E-state index >= 15 is 0 Å². The van der Waals surface area contributed by atoms with Crippen LogP contribution in [-0.4, -0.2) is 24.1 Å². The van der Waals surface area contributed by atoms with Gasteiger partial charge >= 0.3 is 12.1 Å². The number of halogens is 3. The largest absolute Gasteiger partial charge is 0.476 e. The molecule has 0 radical (unpaired) electrons. The number of aryl methyl sites for hydroxylation is 2. The van der Waals surface area contributed by atoms with Crippen LogP contribution in [0.4, 0.5) is 13.2 Å². The van der Waals surface area contributed by atoms with Crippen LogP contribution < -0.4 is 14.8 Å². The van der Waals surface area contributed by atoms with Crippen LogP contribution in [0.1, 0.15) is 53.4 Å². The molecule has 0 bridgehead atoms. The first-order valence-corrected chi connectivity index (χ1v) is 12.0.